The quantitative estimate of drug-likeness (QED) is 0.418. The molecular weight excluding hydrogens is 128 g/mol. The van der Waals surface area contributed by atoms with Gasteiger partial charge in [0.15, 0.2) is 12.1 Å². The number of hydrogen-bond donors (Lipinski definition) is 0. The maximum Gasteiger partial charge on any atom is 0.198 e. The SMILES string of the molecule is O=CC(=O)C1CCC2CC21. The molecular formula is C8H10O2. The minimum absolute atomic E-state index is 0.113. The molecule has 0 bridgehead atoms. The zero-order valence-corrected chi connectivity index (χ0v) is 5.75. The van der Waals surface area contributed by atoms with Crippen LogP contribution in [0.5, 0.6) is 0 Å². The molecule has 0 radical (unpaired) electrons. The van der Waals surface area contributed by atoms with Crippen molar-refractivity contribution in [3.8, 4) is 0 Å². The molecule has 0 saturated heterocycles. The molecule has 3 atom stereocenters. The number of fused-ring (bicyclic) bond motifs is 1. The molecule has 2 fully saturated rings. The van der Waals surface area contributed by atoms with Crippen LogP contribution in [0.4, 0.5) is 0 Å². The summed E-state index contributed by atoms with van der Waals surface area (Å²) >= 11 is 0. The fourth-order valence-electron chi connectivity index (χ4n) is 2.14. The van der Waals surface area contributed by atoms with E-state index in [9.17, 15) is 9.59 Å². The Balaban J connectivity index is 2.05. The van der Waals surface area contributed by atoms with E-state index in [1.807, 2.05) is 0 Å². The lowest BCUT2D eigenvalue weighted by molar-refractivity contribution is -0.132. The standard InChI is InChI=1S/C8H10O2/c9-4-8(10)6-2-1-5-3-7(5)6/h4-7H,1-3H2. The monoisotopic (exact) mass is 138 g/mol. The van der Waals surface area contributed by atoms with Crippen LogP contribution in [0.2, 0.25) is 0 Å². The molecule has 0 aromatic heterocycles. The summed E-state index contributed by atoms with van der Waals surface area (Å²) in [5.74, 6) is 1.35. The highest BCUT2D eigenvalue weighted by atomic mass is 16.2. The highest BCUT2D eigenvalue weighted by molar-refractivity contribution is 6.26. The molecule has 0 N–H and O–H groups in total. The summed E-state index contributed by atoms with van der Waals surface area (Å²) < 4.78 is 0. The molecule has 2 saturated carbocycles. The van der Waals surface area contributed by atoms with E-state index in [1.54, 1.807) is 0 Å². The molecule has 0 amide bonds. The zero-order valence-electron chi connectivity index (χ0n) is 5.75. The van der Waals surface area contributed by atoms with Crippen molar-refractivity contribution in [2.75, 3.05) is 0 Å². The smallest absolute Gasteiger partial charge is 0.198 e. The third-order valence-corrected chi connectivity index (χ3v) is 2.82. The van der Waals surface area contributed by atoms with Crippen LogP contribution in [0.1, 0.15) is 19.3 Å². The Morgan fingerprint density at radius 1 is 1.40 bits per heavy atom. The van der Waals surface area contributed by atoms with Crippen molar-refractivity contribution >= 4 is 12.1 Å². The topological polar surface area (TPSA) is 34.1 Å². The summed E-state index contributed by atoms with van der Waals surface area (Å²) in [5.41, 5.74) is 0. The van der Waals surface area contributed by atoms with Gasteiger partial charge in [0.1, 0.15) is 0 Å². The van der Waals surface area contributed by atoms with Gasteiger partial charge in [0.2, 0.25) is 0 Å². The third kappa shape index (κ3) is 0.713. The van der Waals surface area contributed by atoms with Crippen molar-refractivity contribution in [2.45, 2.75) is 19.3 Å². The number of Topliss-reactive ketones (excluding diaryl/α,β-unsaturated/α-hetero) is 1. The molecule has 0 aromatic rings. The molecule has 54 valence electrons. The highest BCUT2D eigenvalue weighted by Crippen LogP contribution is 2.55. The lowest BCUT2D eigenvalue weighted by Crippen LogP contribution is -2.14. The van der Waals surface area contributed by atoms with E-state index < -0.39 is 0 Å². The van der Waals surface area contributed by atoms with Gasteiger partial charge in [-0.25, -0.2) is 0 Å². The first-order chi connectivity index (χ1) is 4.83. The van der Waals surface area contributed by atoms with Crippen LogP contribution in [-0.4, -0.2) is 12.1 Å². The van der Waals surface area contributed by atoms with Crippen LogP contribution in [-0.2, 0) is 9.59 Å². The Labute approximate surface area is 59.6 Å². The first-order valence-corrected chi connectivity index (χ1v) is 3.82. The molecule has 2 aliphatic rings. The summed E-state index contributed by atoms with van der Waals surface area (Å²) in [6.45, 7) is 0. The van der Waals surface area contributed by atoms with Crippen LogP contribution in [0, 0.1) is 17.8 Å². The average Bonchev–Trinajstić information content (AvgIpc) is 2.62. The molecule has 2 aliphatic carbocycles. The van der Waals surface area contributed by atoms with E-state index in [-0.39, 0.29) is 11.7 Å². The van der Waals surface area contributed by atoms with E-state index in [4.69, 9.17) is 0 Å². The second kappa shape index (κ2) is 1.91. The van der Waals surface area contributed by atoms with Gasteiger partial charge in [-0.15, -0.1) is 0 Å². The number of ketones is 1. The van der Waals surface area contributed by atoms with E-state index in [2.05, 4.69) is 0 Å². The normalized spacial score (nSPS) is 42.6. The van der Waals surface area contributed by atoms with E-state index >= 15 is 0 Å². The maximum atomic E-state index is 10.9. The van der Waals surface area contributed by atoms with Crippen LogP contribution < -0.4 is 0 Å². The van der Waals surface area contributed by atoms with Crippen molar-refractivity contribution in [1.82, 2.24) is 0 Å². The van der Waals surface area contributed by atoms with Gasteiger partial charge in [-0.05, 0) is 31.1 Å². The Bertz CT molecular complexity index is 186. The van der Waals surface area contributed by atoms with Crippen molar-refractivity contribution < 1.29 is 9.59 Å². The van der Waals surface area contributed by atoms with E-state index in [0.717, 1.165) is 12.3 Å². The van der Waals surface area contributed by atoms with Crippen molar-refractivity contribution in [3.05, 3.63) is 0 Å². The average molecular weight is 138 g/mol. The lowest BCUT2D eigenvalue weighted by Gasteiger charge is -2.02. The zero-order chi connectivity index (χ0) is 7.14. The Morgan fingerprint density at radius 3 is 2.60 bits per heavy atom. The highest BCUT2D eigenvalue weighted by Gasteiger charge is 2.50. The first-order valence-electron chi connectivity index (χ1n) is 3.82. The number of hydrogen-bond acceptors (Lipinski definition) is 2. The van der Waals surface area contributed by atoms with Gasteiger partial charge in [-0.2, -0.15) is 0 Å². The largest absolute Gasteiger partial charge is 0.295 e. The van der Waals surface area contributed by atoms with Gasteiger partial charge in [0.25, 0.3) is 0 Å². The van der Waals surface area contributed by atoms with Gasteiger partial charge in [0, 0.05) is 5.92 Å². The molecule has 0 aromatic carbocycles. The van der Waals surface area contributed by atoms with Crippen LogP contribution in [0.3, 0.4) is 0 Å². The van der Waals surface area contributed by atoms with Crippen LogP contribution in [0.15, 0.2) is 0 Å². The van der Waals surface area contributed by atoms with Gasteiger partial charge >= 0.3 is 0 Å². The summed E-state index contributed by atoms with van der Waals surface area (Å²) in [5, 5.41) is 0. The fraction of sp³-hybridized carbons (Fsp3) is 0.750. The summed E-state index contributed by atoms with van der Waals surface area (Å²) in [6.07, 6.45) is 3.83. The molecule has 0 spiro atoms. The van der Waals surface area contributed by atoms with Crippen LogP contribution in [0.25, 0.3) is 0 Å². The van der Waals surface area contributed by atoms with Gasteiger partial charge in [-0.3, -0.25) is 9.59 Å². The Morgan fingerprint density at radius 2 is 2.20 bits per heavy atom. The molecule has 3 unspecified atom stereocenters. The number of carbonyl (C=O) groups excluding carboxylic acids is 2. The Hall–Kier alpha value is -0.660. The number of carbonyl (C=O) groups is 2. The maximum absolute atomic E-state index is 10.9. The van der Waals surface area contributed by atoms with E-state index in [0.29, 0.717) is 12.2 Å². The van der Waals surface area contributed by atoms with Crippen molar-refractivity contribution in [2.24, 2.45) is 17.8 Å². The predicted octanol–water partition coefficient (Wildman–Crippen LogP) is 0.800. The minimum Gasteiger partial charge on any atom is -0.295 e. The third-order valence-electron chi connectivity index (χ3n) is 2.82. The fourth-order valence-corrected chi connectivity index (χ4v) is 2.14. The summed E-state index contributed by atoms with van der Waals surface area (Å²) in [7, 11) is 0. The lowest BCUT2D eigenvalue weighted by atomic mass is 9.99. The first kappa shape index (κ1) is 6.08. The molecule has 0 heterocycles. The predicted molar refractivity (Wildman–Crippen MR) is 35.4 cm³/mol. The summed E-state index contributed by atoms with van der Waals surface area (Å²) in [6, 6.07) is 0. The number of rotatable bonds is 2. The number of aldehydes is 1. The summed E-state index contributed by atoms with van der Waals surface area (Å²) in [4.78, 5) is 21.0. The van der Waals surface area contributed by atoms with E-state index in [1.165, 1.54) is 12.8 Å². The van der Waals surface area contributed by atoms with Crippen molar-refractivity contribution in [3.63, 3.8) is 0 Å². The molecule has 2 rings (SSSR count). The minimum atomic E-state index is -0.162. The second-order valence-electron chi connectivity index (χ2n) is 3.36. The van der Waals surface area contributed by atoms with Crippen molar-refractivity contribution in [1.29, 1.82) is 0 Å². The Kier molecular flexibility index (Phi) is 1.16. The van der Waals surface area contributed by atoms with Gasteiger partial charge in [0.05, 0.1) is 0 Å². The molecule has 2 nitrogen and oxygen atoms in total. The molecule has 0 aliphatic heterocycles. The molecule has 10 heavy (non-hydrogen) atoms. The van der Waals surface area contributed by atoms with Gasteiger partial charge in [-0.1, -0.05) is 0 Å². The van der Waals surface area contributed by atoms with Gasteiger partial charge < -0.3 is 0 Å². The van der Waals surface area contributed by atoms with Crippen LogP contribution >= 0.6 is 0 Å². The molecule has 2 heteroatoms. The second-order valence-corrected chi connectivity index (χ2v) is 3.36.